The fourth-order valence-corrected chi connectivity index (χ4v) is 2.67. The fraction of sp³-hybridized carbons (Fsp3) is 0.125. The molecule has 3 nitrogen and oxygen atoms in total. The third kappa shape index (κ3) is 2.65. The van der Waals surface area contributed by atoms with Crippen LogP contribution < -0.4 is 10.5 Å². The molecule has 0 amide bonds. The van der Waals surface area contributed by atoms with Crippen LogP contribution in [0.25, 0.3) is 10.9 Å². The number of nitrogens with zero attached hydrogens (tertiary/aromatic N) is 1. The zero-order valence-corrected chi connectivity index (χ0v) is 12.5. The van der Waals surface area contributed by atoms with Crippen LogP contribution in [0.4, 0.5) is 5.69 Å². The van der Waals surface area contributed by atoms with Gasteiger partial charge in [0.2, 0.25) is 0 Å². The van der Waals surface area contributed by atoms with Gasteiger partial charge in [-0.15, -0.1) is 0 Å². The highest BCUT2D eigenvalue weighted by Crippen LogP contribution is 2.22. The second-order valence-corrected chi connectivity index (χ2v) is 5.52. The van der Waals surface area contributed by atoms with Gasteiger partial charge < -0.3 is 15.0 Å². The molecule has 0 aliphatic rings. The summed E-state index contributed by atoms with van der Waals surface area (Å²) < 4.78 is 8.90. The number of anilines is 1. The average molecular weight is 331 g/mol. The highest BCUT2D eigenvalue weighted by molar-refractivity contribution is 9.10. The summed E-state index contributed by atoms with van der Waals surface area (Å²) in [5, 5.41) is 1.16. The Kier molecular flexibility index (Phi) is 3.65. The molecule has 3 aromatic rings. The molecule has 0 saturated carbocycles. The Morgan fingerprint density at radius 1 is 1.10 bits per heavy atom. The Balaban J connectivity index is 1.71. The summed E-state index contributed by atoms with van der Waals surface area (Å²) in [5.41, 5.74) is 7.91. The van der Waals surface area contributed by atoms with Gasteiger partial charge in [-0.25, -0.2) is 0 Å². The van der Waals surface area contributed by atoms with Crippen molar-refractivity contribution >= 4 is 32.5 Å². The molecule has 102 valence electrons. The minimum absolute atomic E-state index is 0.606. The van der Waals surface area contributed by atoms with Crippen molar-refractivity contribution in [3.05, 3.63) is 59.2 Å². The first-order chi connectivity index (χ1) is 9.74. The van der Waals surface area contributed by atoms with Crippen LogP contribution in [0, 0.1) is 0 Å². The Morgan fingerprint density at radius 3 is 2.80 bits per heavy atom. The van der Waals surface area contributed by atoms with E-state index in [2.05, 4.69) is 32.6 Å². The van der Waals surface area contributed by atoms with Crippen LogP contribution in [0.5, 0.6) is 5.75 Å². The van der Waals surface area contributed by atoms with Crippen LogP contribution >= 0.6 is 15.9 Å². The quantitative estimate of drug-likeness (QED) is 0.732. The Labute approximate surface area is 126 Å². The molecule has 3 rings (SSSR count). The minimum Gasteiger partial charge on any atom is -0.492 e. The molecular formula is C16H15BrN2O. The molecular weight excluding hydrogens is 316 g/mol. The van der Waals surface area contributed by atoms with E-state index < -0.39 is 0 Å². The summed E-state index contributed by atoms with van der Waals surface area (Å²) >= 11 is 3.43. The predicted octanol–water partition coefficient (Wildman–Crippen LogP) is 4.07. The maximum absolute atomic E-state index is 6.04. The van der Waals surface area contributed by atoms with Crippen molar-refractivity contribution in [3.63, 3.8) is 0 Å². The van der Waals surface area contributed by atoms with E-state index in [-0.39, 0.29) is 0 Å². The van der Waals surface area contributed by atoms with Gasteiger partial charge in [-0.1, -0.05) is 34.1 Å². The van der Waals surface area contributed by atoms with E-state index in [1.165, 1.54) is 0 Å². The van der Waals surface area contributed by atoms with Crippen LogP contribution in [0.2, 0.25) is 0 Å². The second kappa shape index (κ2) is 5.59. The van der Waals surface area contributed by atoms with Crippen molar-refractivity contribution in [1.82, 2.24) is 4.57 Å². The number of ether oxygens (including phenoxy) is 1. The fourth-order valence-electron chi connectivity index (χ4n) is 2.30. The normalized spacial score (nSPS) is 10.8. The summed E-state index contributed by atoms with van der Waals surface area (Å²) in [5.74, 6) is 0.865. The first-order valence-electron chi connectivity index (χ1n) is 6.46. The monoisotopic (exact) mass is 330 g/mol. The number of benzene rings is 2. The van der Waals surface area contributed by atoms with Crippen LogP contribution in [-0.2, 0) is 6.54 Å². The van der Waals surface area contributed by atoms with E-state index in [4.69, 9.17) is 10.5 Å². The van der Waals surface area contributed by atoms with Gasteiger partial charge in [-0.3, -0.25) is 0 Å². The Bertz CT molecular complexity index is 736. The van der Waals surface area contributed by atoms with E-state index in [9.17, 15) is 0 Å². The molecule has 20 heavy (non-hydrogen) atoms. The lowest BCUT2D eigenvalue weighted by atomic mass is 10.2. The molecule has 0 bridgehead atoms. The SMILES string of the molecule is Nc1cccc2ccn(CCOc3cccc(Br)c3)c12. The van der Waals surface area contributed by atoms with Gasteiger partial charge in [0.25, 0.3) is 0 Å². The third-order valence-electron chi connectivity index (χ3n) is 3.22. The minimum atomic E-state index is 0.606. The average Bonchev–Trinajstić information content (AvgIpc) is 2.84. The van der Waals surface area contributed by atoms with Crippen LogP contribution in [0.1, 0.15) is 0 Å². The number of hydrogen-bond acceptors (Lipinski definition) is 2. The molecule has 1 aromatic heterocycles. The van der Waals surface area contributed by atoms with Crippen molar-refractivity contribution in [1.29, 1.82) is 0 Å². The predicted molar refractivity (Wildman–Crippen MR) is 86.0 cm³/mol. The zero-order chi connectivity index (χ0) is 13.9. The molecule has 0 unspecified atom stereocenters. The molecule has 2 aromatic carbocycles. The van der Waals surface area contributed by atoms with Crippen molar-refractivity contribution in [2.75, 3.05) is 12.3 Å². The zero-order valence-electron chi connectivity index (χ0n) is 10.9. The molecule has 0 fully saturated rings. The lowest BCUT2D eigenvalue weighted by Gasteiger charge is -2.09. The number of aromatic nitrogens is 1. The van der Waals surface area contributed by atoms with E-state index in [1.807, 2.05) is 42.6 Å². The molecule has 0 radical (unpaired) electrons. The van der Waals surface area contributed by atoms with Gasteiger partial charge in [0.15, 0.2) is 0 Å². The summed E-state index contributed by atoms with van der Waals surface area (Å²) in [4.78, 5) is 0. The molecule has 0 aliphatic carbocycles. The van der Waals surface area contributed by atoms with Gasteiger partial charge >= 0.3 is 0 Å². The molecule has 0 saturated heterocycles. The number of para-hydroxylation sites is 1. The maximum Gasteiger partial charge on any atom is 0.120 e. The van der Waals surface area contributed by atoms with E-state index in [0.29, 0.717) is 6.61 Å². The molecule has 0 atom stereocenters. The summed E-state index contributed by atoms with van der Waals surface area (Å²) in [6.45, 7) is 1.37. The topological polar surface area (TPSA) is 40.2 Å². The van der Waals surface area contributed by atoms with Gasteiger partial charge in [-0.05, 0) is 30.3 Å². The Hall–Kier alpha value is -1.94. The van der Waals surface area contributed by atoms with E-state index >= 15 is 0 Å². The molecule has 1 heterocycles. The number of nitrogens with two attached hydrogens (primary N) is 1. The smallest absolute Gasteiger partial charge is 0.120 e. The summed E-state index contributed by atoms with van der Waals surface area (Å²) in [7, 11) is 0. The lowest BCUT2D eigenvalue weighted by molar-refractivity contribution is 0.300. The largest absolute Gasteiger partial charge is 0.492 e. The van der Waals surface area contributed by atoms with Crippen LogP contribution in [-0.4, -0.2) is 11.2 Å². The summed E-state index contributed by atoms with van der Waals surface area (Å²) in [6.07, 6.45) is 2.05. The lowest BCUT2D eigenvalue weighted by Crippen LogP contribution is -2.08. The highest BCUT2D eigenvalue weighted by Gasteiger charge is 2.04. The second-order valence-electron chi connectivity index (χ2n) is 4.60. The third-order valence-corrected chi connectivity index (χ3v) is 3.71. The van der Waals surface area contributed by atoms with Crippen molar-refractivity contribution in [2.24, 2.45) is 0 Å². The van der Waals surface area contributed by atoms with Crippen LogP contribution in [0.3, 0.4) is 0 Å². The van der Waals surface area contributed by atoms with E-state index in [1.54, 1.807) is 0 Å². The summed E-state index contributed by atoms with van der Waals surface area (Å²) in [6, 6.07) is 15.9. The molecule has 0 spiro atoms. The Morgan fingerprint density at radius 2 is 1.95 bits per heavy atom. The van der Waals surface area contributed by atoms with Gasteiger partial charge in [0.05, 0.1) is 17.7 Å². The molecule has 2 N–H and O–H groups in total. The first kappa shape index (κ1) is 13.1. The first-order valence-corrected chi connectivity index (χ1v) is 7.25. The van der Waals surface area contributed by atoms with Gasteiger partial charge in [-0.2, -0.15) is 0 Å². The standard InChI is InChI=1S/C16H15BrN2O/c17-13-4-2-5-14(11-13)20-10-9-19-8-7-12-3-1-6-15(18)16(12)19/h1-8,11H,9-10,18H2. The number of fused-ring (bicyclic) bond motifs is 1. The number of halogens is 1. The van der Waals surface area contributed by atoms with Crippen molar-refractivity contribution in [2.45, 2.75) is 6.54 Å². The van der Waals surface area contributed by atoms with E-state index in [0.717, 1.165) is 33.4 Å². The van der Waals surface area contributed by atoms with Crippen molar-refractivity contribution in [3.8, 4) is 5.75 Å². The molecule has 0 aliphatic heterocycles. The highest BCUT2D eigenvalue weighted by atomic mass is 79.9. The van der Waals surface area contributed by atoms with Crippen LogP contribution in [0.15, 0.2) is 59.2 Å². The number of nitrogen functional groups attached to an aromatic ring is 1. The van der Waals surface area contributed by atoms with Gasteiger partial charge in [0, 0.05) is 16.1 Å². The maximum atomic E-state index is 6.04. The number of hydrogen-bond donors (Lipinski definition) is 1. The molecule has 4 heteroatoms. The number of rotatable bonds is 4. The van der Waals surface area contributed by atoms with Crippen molar-refractivity contribution < 1.29 is 4.74 Å². The van der Waals surface area contributed by atoms with Gasteiger partial charge in [0.1, 0.15) is 12.4 Å².